The lowest BCUT2D eigenvalue weighted by Gasteiger charge is -2.20. The standard InChI is InChI=1S/C15H16ClN3O3/c1-9-5-13(19(2)18-9)17-14(20)8-10-6-11(16)15-12(7-10)21-3-4-22-15/h5-7H,3-4,8H2,1-2H3,(H,17,20). The molecule has 1 aliphatic heterocycles. The van der Waals surface area contributed by atoms with Gasteiger partial charge in [-0.05, 0) is 24.6 Å². The van der Waals surface area contributed by atoms with E-state index in [4.69, 9.17) is 21.1 Å². The summed E-state index contributed by atoms with van der Waals surface area (Å²) in [5.74, 6) is 1.64. The van der Waals surface area contributed by atoms with Gasteiger partial charge in [-0.25, -0.2) is 0 Å². The molecular weight excluding hydrogens is 306 g/mol. The molecule has 2 aromatic rings. The van der Waals surface area contributed by atoms with Gasteiger partial charge < -0.3 is 14.8 Å². The van der Waals surface area contributed by atoms with Crippen LogP contribution in [0.4, 0.5) is 5.82 Å². The predicted molar refractivity (Wildman–Crippen MR) is 82.7 cm³/mol. The highest BCUT2D eigenvalue weighted by Gasteiger charge is 2.18. The SMILES string of the molecule is Cc1cc(NC(=O)Cc2cc(Cl)c3c(c2)OCCO3)n(C)n1. The topological polar surface area (TPSA) is 65.4 Å². The van der Waals surface area contributed by atoms with E-state index in [2.05, 4.69) is 10.4 Å². The molecule has 0 fully saturated rings. The van der Waals surface area contributed by atoms with Gasteiger partial charge in [0.15, 0.2) is 11.5 Å². The average molecular weight is 322 g/mol. The number of aromatic nitrogens is 2. The van der Waals surface area contributed by atoms with Crippen LogP contribution >= 0.6 is 11.6 Å². The molecule has 1 N–H and O–H groups in total. The summed E-state index contributed by atoms with van der Waals surface area (Å²) in [5, 5.41) is 7.47. The first-order valence-corrected chi connectivity index (χ1v) is 7.29. The minimum atomic E-state index is -0.143. The number of carbonyl (C=O) groups is 1. The monoisotopic (exact) mass is 321 g/mol. The average Bonchev–Trinajstić information content (AvgIpc) is 2.76. The Morgan fingerprint density at radius 1 is 1.36 bits per heavy atom. The van der Waals surface area contributed by atoms with Crippen LogP contribution in [0, 0.1) is 6.92 Å². The van der Waals surface area contributed by atoms with E-state index in [1.165, 1.54) is 0 Å². The van der Waals surface area contributed by atoms with Crippen molar-refractivity contribution in [3.8, 4) is 11.5 Å². The summed E-state index contributed by atoms with van der Waals surface area (Å²) in [5.41, 5.74) is 1.62. The number of ether oxygens (including phenoxy) is 2. The highest BCUT2D eigenvalue weighted by atomic mass is 35.5. The fourth-order valence-electron chi connectivity index (χ4n) is 2.37. The number of hydrogen-bond donors (Lipinski definition) is 1. The summed E-state index contributed by atoms with van der Waals surface area (Å²) >= 11 is 6.17. The number of benzene rings is 1. The predicted octanol–water partition coefficient (Wildman–Crippen LogP) is 2.33. The molecule has 6 nitrogen and oxygen atoms in total. The maximum Gasteiger partial charge on any atom is 0.229 e. The van der Waals surface area contributed by atoms with E-state index in [0.717, 1.165) is 11.3 Å². The Morgan fingerprint density at radius 3 is 2.86 bits per heavy atom. The van der Waals surface area contributed by atoms with Crippen molar-refractivity contribution in [1.82, 2.24) is 9.78 Å². The van der Waals surface area contributed by atoms with Crippen molar-refractivity contribution in [3.63, 3.8) is 0 Å². The molecule has 7 heteroatoms. The van der Waals surface area contributed by atoms with Crippen molar-refractivity contribution in [2.75, 3.05) is 18.5 Å². The molecule has 22 heavy (non-hydrogen) atoms. The third kappa shape index (κ3) is 3.01. The van der Waals surface area contributed by atoms with Crippen molar-refractivity contribution in [2.24, 2.45) is 7.05 Å². The maximum atomic E-state index is 12.2. The first kappa shape index (κ1) is 14.7. The number of nitrogens with one attached hydrogen (secondary N) is 1. The van der Waals surface area contributed by atoms with Crippen LogP contribution in [0.1, 0.15) is 11.3 Å². The Kier molecular flexibility index (Phi) is 3.94. The molecule has 0 aliphatic carbocycles. The lowest BCUT2D eigenvalue weighted by Crippen LogP contribution is -2.18. The molecule has 0 radical (unpaired) electrons. The lowest BCUT2D eigenvalue weighted by atomic mass is 10.1. The molecule has 0 saturated heterocycles. The fraction of sp³-hybridized carbons (Fsp3) is 0.333. The van der Waals surface area contributed by atoms with Gasteiger partial charge in [-0.1, -0.05) is 11.6 Å². The summed E-state index contributed by atoms with van der Waals surface area (Å²) in [6.45, 7) is 2.83. The number of aryl methyl sites for hydroxylation is 2. The smallest absolute Gasteiger partial charge is 0.229 e. The van der Waals surface area contributed by atoms with E-state index in [9.17, 15) is 4.79 Å². The Balaban J connectivity index is 1.74. The third-order valence-electron chi connectivity index (χ3n) is 3.29. The van der Waals surface area contributed by atoms with E-state index in [1.807, 2.05) is 13.0 Å². The molecule has 116 valence electrons. The van der Waals surface area contributed by atoms with Crippen LogP contribution in [0.5, 0.6) is 11.5 Å². The first-order chi connectivity index (χ1) is 10.5. The van der Waals surface area contributed by atoms with E-state index < -0.39 is 0 Å². The number of hydrogen-bond acceptors (Lipinski definition) is 4. The van der Waals surface area contributed by atoms with Crippen LogP contribution < -0.4 is 14.8 Å². The number of halogens is 1. The number of carbonyl (C=O) groups excluding carboxylic acids is 1. The molecule has 0 bridgehead atoms. The van der Waals surface area contributed by atoms with Crippen molar-refractivity contribution in [2.45, 2.75) is 13.3 Å². The quantitative estimate of drug-likeness (QED) is 0.942. The van der Waals surface area contributed by atoms with Gasteiger partial charge in [0.1, 0.15) is 19.0 Å². The van der Waals surface area contributed by atoms with Gasteiger partial charge in [-0.3, -0.25) is 9.48 Å². The summed E-state index contributed by atoms with van der Waals surface area (Å²) in [6, 6.07) is 5.33. The Hall–Kier alpha value is -2.21. The Morgan fingerprint density at radius 2 is 2.14 bits per heavy atom. The van der Waals surface area contributed by atoms with Gasteiger partial charge in [-0.2, -0.15) is 5.10 Å². The molecular formula is C15H16ClN3O3. The second-order valence-electron chi connectivity index (χ2n) is 5.12. The van der Waals surface area contributed by atoms with Crippen LogP contribution in [0.15, 0.2) is 18.2 Å². The molecule has 3 rings (SSSR count). The number of rotatable bonds is 3. The second kappa shape index (κ2) is 5.88. The van der Waals surface area contributed by atoms with Crippen LogP contribution in [0.3, 0.4) is 0 Å². The zero-order valence-corrected chi connectivity index (χ0v) is 13.1. The largest absolute Gasteiger partial charge is 0.486 e. The minimum absolute atomic E-state index is 0.143. The number of fused-ring (bicyclic) bond motifs is 1. The van der Waals surface area contributed by atoms with Crippen LogP contribution in [0.25, 0.3) is 0 Å². The van der Waals surface area contributed by atoms with Crippen LogP contribution in [-0.2, 0) is 18.3 Å². The summed E-state index contributed by atoms with van der Waals surface area (Å²) in [4.78, 5) is 12.2. The van der Waals surface area contributed by atoms with Crippen molar-refractivity contribution in [1.29, 1.82) is 0 Å². The van der Waals surface area contributed by atoms with Crippen LogP contribution in [-0.4, -0.2) is 28.9 Å². The third-order valence-corrected chi connectivity index (χ3v) is 3.57. The van der Waals surface area contributed by atoms with Gasteiger partial charge in [0.05, 0.1) is 17.1 Å². The summed E-state index contributed by atoms with van der Waals surface area (Å²) < 4.78 is 12.6. The normalized spacial score (nSPS) is 13.0. The van der Waals surface area contributed by atoms with E-state index in [0.29, 0.717) is 35.6 Å². The van der Waals surface area contributed by atoms with Crippen molar-refractivity contribution >= 4 is 23.3 Å². The van der Waals surface area contributed by atoms with Gasteiger partial charge >= 0.3 is 0 Å². The summed E-state index contributed by atoms with van der Waals surface area (Å²) in [6.07, 6.45) is 0.195. The highest BCUT2D eigenvalue weighted by Crippen LogP contribution is 2.38. The molecule has 0 atom stereocenters. The minimum Gasteiger partial charge on any atom is -0.486 e. The van der Waals surface area contributed by atoms with Gasteiger partial charge in [0, 0.05) is 13.1 Å². The van der Waals surface area contributed by atoms with Crippen molar-refractivity contribution in [3.05, 3.63) is 34.5 Å². The molecule has 1 aromatic carbocycles. The van der Waals surface area contributed by atoms with Gasteiger partial charge in [0.2, 0.25) is 5.91 Å². The molecule has 1 aromatic heterocycles. The molecule has 1 amide bonds. The van der Waals surface area contributed by atoms with E-state index >= 15 is 0 Å². The second-order valence-corrected chi connectivity index (χ2v) is 5.53. The molecule has 1 aliphatic rings. The highest BCUT2D eigenvalue weighted by molar-refractivity contribution is 6.32. The molecule has 0 saturated carbocycles. The zero-order chi connectivity index (χ0) is 15.7. The Bertz CT molecular complexity index is 727. The lowest BCUT2D eigenvalue weighted by molar-refractivity contribution is -0.115. The first-order valence-electron chi connectivity index (χ1n) is 6.91. The van der Waals surface area contributed by atoms with Gasteiger partial charge in [-0.15, -0.1) is 0 Å². The van der Waals surface area contributed by atoms with E-state index in [1.54, 1.807) is 23.9 Å². The number of amides is 1. The number of nitrogens with zero attached hydrogens (tertiary/aromatic N) is 2. The molecule has 0 unspecified atom stereocenters. The number of anilines is 1. The van der Waals surface area contributed by atoms with Gasteiger partial charge in [0.25, 0.3) is 0 Å². The van der Waals surface area contributed by atoms with Crippen molar-refractivity contribution < 1.29 is 14.3 Å². The Labute approximate surface area is 133 Å². The zero-order valence-electron chi connectivity index (χ0n) is 12.4. The molecule has 0 spiro atoms. The maximum absolute atomic E-state index is 12.2. The van der Waals surface area contributed by atoms with Crippen LogP contribution in [0.2, 0.25) is 5.02 Å². The van der Waals surface area contributed by atoms with E-state index in [-0.39, 0.29) is 12.3 Å². The molecule has 2 heterocycles. The summed E-state index contributed by atoms with van der Waals surface area (Å²) in [7, 11) is 1.78. The fourth-order valence-corrected chi connectivity index (χ4v) is 2.65.